The van der Waals surface area contributed by atoms with Crippen molar-refractivity contribution in [3.8, 4) is 11.1 Å². The van der Waals surface area contributed by atoms with Gasteiger partial charge >= 0.3 is 0 Å². The largest absolute Gasteiger partial charge is 0.352 e. The van der Waals surface area contributed by atoms with Crippen LogP contribution in [-0.2, 0) is 0 Å². The van der Waals surface area contributed by atoms with Crippen LogP contribution in [-0.4, -0.2) is 21.8 Å². The van der Waals surface area contributed by atoms with Gasteiger partial charge in [-0.2, -0.15) is 0 Å². The number of carbonyl (C=O) groups is 1. The van der Waals surface area contributed by atoms with Crippen LogP contribution in [0.3, 0.4) is 0 Å². The van der Waals surface area contributed by atoms with Crippen molar-refractivity contribution in [1.29, 1.82) is 0 Å². The summed E-state index contributed by atoms with van der Waals surface area (Å²) in [5, 5.41) is 3.83. The first-order valence-electron chi connectivity index (χ1n) is 9.22. The number of imidazole rings is 1. The first kappa shape index (κ1) is 17.1. The van der Waals surface area contributed by atoms with E-state index in [0.29, 0.717) is 22.2 Å². The summed E-state index contributed by atoms with van der Waals surface area (Å²) in [5.74, 6) is 0.531. The highest BCUT2D eigenvalue weighted by Crippen LogP contribution is 2.28. The van der Waals surface area contributed by atoms with Gasteiger partial charge in [-0.3, -0.25) is 4.79 Å². The van der Waals surface area contributed by atoms with Gasteiger partial charge in [0.05, 0.1) is 5.56 Å². The van der Waals surface area contributed by atoms with Crippen molar-refractivity contribution in [3.05, 3.63) is 59.5 Å². The molecule has 2 aromatic heterocycles. The zero-order valence-corrected chi connectivity index (χ0v) is 15.4. The maximum atomic E-state index is 13.1. The van der Waals surface area contributed by atoms with Crippen LogP contribution in [0.5, 0.6) is 0 Å². The van der Waals surface area contributed by atoms with Crippen LogP contribution >= 0.6 is 11.6 Å². The second-order valence-corrected chi connectivity index (χ2v) is 7.42. The Morgan fingerprint density at radius 3 is 2.65 bits per heavy atom. The molecule has 0 unspecified atom stereocenters. The SMILES string of the molecule is O=C(NCC1CCCCC1)c1c(-c2ccc(Cl)cc2)ccn2ccnc12. The van der Waals surface area contributed by atoms with E-state index >= 15 is 0 Å². The fourth-order valence-corrected chi connectivity index (χ4v) is 3.92. The molecule has 26 heavy (non-hydrogen) atoms. The van der Waals surface area contributed by atoms with Crippen molar-refractivity contribution in [2.75, 3.05) is 6.54 Å². The average molecular weight is 368 g/mol. The molecule has 0 spiro atoms. The number of fused-ring (bicyclic) bond motifs is 1. The second-order valence-electron chi connectivity index (χ2n) is 6.98. The number of hydrogen-bond acceptors (Lipinski definition) is 2. The molecule has 1 saturated carbocycles. The van der Waals surface area contributed by atoms with Crippen LogP contribution in [0.1, 0.15) is 42.5 Å². The maximum absolute atomic E-state index is 13.1. The minimum Gasteiger partial charge on any atom is -0.352 e. The number of hydrogen-bond donors (Lipinski definition) is 1. The summed E-state index contributed by atoms with van der Waals surface area (Å²) in [6.45, 7) is 0.737. The summed E-state index contributed by atoms with van der Waals surface area (Å²) in [7, 11) is 0. The van der Waals surface area contributed by atoms with E-state index in [9.17, 15) is 4.79 Å². The Morgan fingerprint density at radius 2 is 1.88 bits per heavy atom. The van der Waals surface area contributed by atoms with Crippen LogP contribution in [0.4, 0.5) is 0 Å². The quantitative estimate of drug-likeness (QED) is 0.708. The van der Waals surface area contributed by atoms with Gasteiger partial charge in [-0.05, 0) is 48.1 Å². The van der Waals surface area contributed by atoms with E-state index in [1.54, 1.807) is 6.20 Å². The summed E-state index contributed by atoms with van der Waals surface area (Å²) < 4.78 is 1.88. The maximum Gasteiger partial charge on any atom is 0.255 e. The average Bonchev–Trinajstić information content (AvgIpc) is 3.15. The number of nitrogens with zero attached hydrogens (tertiary/aromatic N) is 2. The highest BCUT2D eigenvalue weighted by molar-refractivity contribution is 6.30. The monoisotopic (exact) mass is 367 g/mol. The zero-order valence-electron chi connectivity index (χ0n) is 14.6. The lowest BCUT2D eigenvalue weighted by Crippen LogP contribution is -2.31. The topological polar surface area (TPSA) is 46.4 Å². The van der Waals surface area contributed by atoms with Crippen LogP contribution in [0.25, 0.3) is 16.8 Å². The lowest BCUT2D eigenvalue weighted by Gasteiger charge is -2.22. The Morgan fingerprint density at radius 1 is 1.12 bits per heavy atom. The molecular formula is C21H22ClN3O. The minimum absolute atomic E-state index is 0.0580. The first-order valence-corrected chi connectivity index (χ1v) is 9.60. The molecule has 3 aromatic rings. The second kappa shape index (κ2) is 7.50. The Bertz CT molecular complexity index is 911. The number of pyridine rings is 1. The molecule has 0 aliphatic heterocycles. The van der Waals surface area contributed by atoms with Gasteiger partial charge in [-0.1, -0.05) is 43.0 Å². The lowest BCUT2D eigenvalue weighted by atomic mass is 9.89. The highest BCUT2D eigenvalue weighted by Gasteiger charge is 2.20. The molecule has 1 aromatic carbocycles. The first-order chi connectivity index (χ1) is 12.7. The summed E-state index contributed by atoms with van der Waals surface area (Å²) in [6.07, 6.45) is 11.8. The van der Waals surface area contributed by atoms with Gasteiger partial charge < -0.3 is 9.72 Å². The van der Waals surface area contributed by atoms with Crippen LogP contribution in [0.2, 0.25) is 5.02 Å². The number of rotatable bonds is 4. The fraction of sp³-hybridized carbons (Fsp3) is 0.333. The van der Waals surface area contributed by atoms with Crippen LogP contribution < -0.4 is 5.32 Å². The molecular weight excluding hydrogens is 346 g/mol. The minimum atomic E-state index is -0.0580. The summed E-state index contributed by atoms with van der Waals surface area (Å²) in [4.78, 5) is 17.5. The van der Waals surface area contributed by atoms with Crippen LogP contribution in [0, 0.1) is 5.92 Å². The molecule has 4 nitrogen and oxygen atoms in total. The number of aromatic nitrogens is 2. The van der Waals surface area contributed by atoms with Gasteiger partial charge in [0.1, 0.15) is 5.65 Å². The molecule has 2 heterocycles. The highest BCUT2D eigenvalue weighted by atomic mass is 35.5. The van der Waals surface area contributed by atoms with E-state index in [0.717, 1.165) is 17.7 Å². The smallest absolute Gasteiger partial charge is 0.255 e. The van der Waals surface area contributed by atoms with Crippen LogP contribution in [0.15, 0.2) is 48.9 Å². The van der Waals surface area contributed by atoms with E-state index in [2.05, 4.69) is 10.3 Å². The van der Waals surface area contributed by atoms with Gasteiger partial charge in [0.15, 0.2) is 0 Å². The third-order valence-electron chi connectivity index (χ3n) is 5.22. The molecule has 4 rings (SSSR count). The Kier molecular flexibility index (Phi) is 4.93. The van der Waals surface area contributed by atoms with Gasteiger partial charge in [0, 0.05) is 30.2 Å². The van der Waals surface area contributed by atoms with Gasteiger partial charge in [0.25, 0.3) is 5.91 Å². The van der Waals surface area contributed by atoms with Crippen molar-refractivity contribution in [1.82, 2.24) is 14.7 Å². The summed E-state index contributed by atoms with van der Waals surface area (Å²) >= 11 is 6.02. The van der Waals surface area contributed by atoms with Crippen molar-refractivity contribution in [3.63, 3.8) is 0 Å². The van der Waals surface area contributed by atoms with Crippen molar-refractivity contribution in [2.24, 2.45) is 5.92 Å². The number of carbonyl (C=O) groups excluding carboxylic acids is 1. The third-order valence-corrected chi connectivity index (χ3v) is 5.47. The lowest BCUT2D eigenvalue weighted by molar-refractivity contribution is 0.0945. The van der Waals surface area contributed by atoms with Gasteiger partial charge in [-0.25, -0.2) is 4.98 Å². The van der Waals surface area contributed by atoms with E-state index < -0.39 is 0 Å². The molecule has 0 saturated heterocycles. The molecule has 1 aliphatic rings. The molecule has 0 bridgehead atoms. The third kappa shape index (κ3) is 3.47. The predicted octanol–water partition coefficient (Wildman–Crippen LogP) is 4.96. The summed E-state index contributed by atoms with van der Waals surface area (Å²) in [6, 6.07) is 9.53. The Balaban J connectivity index is 1.67. The fourth-order valence-electron chi connectivity index (χ4n) is 3.80. The molecule has 134 valence electrons. The standard InChI is InChI=1S/C21H22ClN3O/c22-17-8-6-16(7-9-17)18-10-12-25-13-11-23-20(25)19(18)21(26)24-14-15-4-2-1-3-5-15/h6-13,15H,1-5,14H2,(H,24,26). The van der Waals surface area contributed by atoms with E-state index in [1.807, 2.05) is 47.1 Å². The molecule has 0 atom stereocenters. The van der Waals surface area contributed by atoms with E-state index in [4.69, 9.17) is 11.6 Å². The predicted molar refractivity (Wildman–Crippen MR) is 105 cm³/mol. The van der Waals surface area contributed by atoms with Crippen molar-refractivity contribution >= 4 is 23.2 Å². The molecule has 1 amide bonds. The Hall–Kier alpha value is -2.33. The number of nitrogens with one attached hydrogen (secondary N) is 1. The number of benzene rings is 1. The molecule has 1 fully saturated rings. The number of halogens is 1. The molecule has 0 radical (unpaired) electrons. The molecule has 5 heteroatoms. The van der Waals surface area contributed by atoms with Gasteiger partial charge in [0.2, 0.25) is 0 Å². The molecule has 1 aliphatic carbocycles. The summed E-state index contributed by atoms with van der Waals surface area (Å²) in [5.41, 5.74) is 3.14. The van der Waals surface area contributed by atoms with E-state index in [-0.39, 0.29) is 5.91 Å². The zero-order chi connectivity index (χ0) is 17.9. The van der Waals surface area contributed by atoms with Crippen molar-refractivity contribution in [2.45, 2.75) is 32.1 Å². The van der Waals surface area contributed by atoms with Crippen molar-refractivity contribution < 1.29 is 4.79 Å². The van der Waals surface area contributed by atoms with E-state index in [1.165, 1.54) is 32.1 Å². The normalized spacial score (nSPS) is 15.3. The van der Waals surface area contributed by atoms with Gasteiger partial charge in [-0.15, -0.1) is 0 Å². The number of amides is 1. The Labute approximate surface area is 158 Å². The molecule has 1 N–H and O–H groups in total.